The average Bonchev–Trinajstić information content (AvgIpc) is 1.86. The zero-order valence-electron chi connectivity index (χ0n) is 3.44. The van der Waals surface area contributed by atoms with Crippen LogP contribution in [0.1, 0.15) is 6.42 Å². The molecule has 0 bridgehead atoms. The number of hydrogen-bond acceptors (Lipinski definition) is 0. The van der Waals surface area contributed by atoms with E-state index in [9.17, 15) is 0 Å². The van der Waals surface area contributed by atoms with E-state index in [1.165, 1.54) is 6.42 Å². The van der Waals surface area contributed by atoms with E-state index in [2.05, 4.69) is 18.2 Å². The molecule has 0 aromatic carbocycles. The van der Waals surface area contributed by atoms with Gasteiger partial charge in [-0.25, -0.2) is 0 Å². The van der Waals surface area contributed by atoms with Gasteiger partial charge in [0.25, 0.3) is 0 Å². The van der Waals surface area contributed by atoms with Crippen molar-refractivity contribution in [2.24, 2.45) is 0 Å². The molecule has 29 valence electrons. The van der Waals surface area contributed by atoms with Gasteiger partial charge in [0.05, 0.1) is 0 Å². The Hall–Kier alpha value is 0.363. The maximum absolute atomic E-state index is 2.18. The Kier molecular flexibility index (Phi) is 1.42. The summed E-state index contributed by atoms with van der Waals surface area (Å²) in [6.07, 6.45) is 7.69. The molecular formula is C5H5Zr. The van der Waals surface area contributed by atoms with Crippen LogP contribution in [0.5, 0.6) is 0 Å². The van der Waals surface area contributed by atoms with Crippen LogP contribution < -0.4 is 0 Å². The molecule has 1 heteroatoms. The van der Waals surface area contributed by atoms with Crippen LogP contribution >= 0.6 is 0 Å². The van der Waals surface area contributed by atoms with Crippen LogP contribution in [-0.2, 0) is 24.7 Å². The first-order valence-corrected chi connectivity index (χ1v) is 3.20. The molecule has 0 fully saturated rings. The molecule has 0 saturated heterocycles. The molecule has 0 aromatic heterocycles. The fourth-order valence-corrected chi connectivity index (χ4v) is 0.973. The summed E-state index contributed by atoms with van der Waals surface area (Å²) in [6.45, 7) is 0. The molecule has 0 N–H and O–H groups in total. The summed E-state index contributed by atoms with van der Waals surface area (Å²) in [5.41, 5.74) is 0. The van der Waals surface area contributed by atoms with Crippen LogP contribution in [-0.4, -0.2) is 0 Å². The summed E-state index contributed by atoms with van der Waals surface area (Å²) < 4.78 is 1.56. The first-order chi connectivity index (χ1) is 2.89. The predicted octanol–water partition coefficient (Wildman–Crippen LogP) is 1.38. The van der Waals surface area contributed by atoms with E-state index < -0.39 is 0 Å². The SMILES string of the molecule is [Zr][C]1=CC=CC1. The molecule has 0 aliphatic heterocycles. The Morgan fingerprint density at radius 2 is 2.50 bits per heavy atom. The van der Waals surface area contributed by atoms with Crippen molar-refractivity contribution in [3.05, 3.63) is 21.5 Å². The molecule has 6 heavy (non-hydrogen) atoms. The van der Waals surface area contributed by atoms with Crippen LogP contribution in [0, 0.1) is 0 Å². The summed E-state index contributed by atoms with van der Waals surface area (Å²) >= 11 is 1.56. The summed E-state index contributed by atoms with van der Waals surface area (Å²) in [5.74, 6) is 0. The monoisotopic (exact) mass is 155 g/mol. The molecule has 1 rings (SSSR count). The molecule has 0 nitrogen and oxygen atoms in total. The second kappa shape index (κ2) is 1.88. The van der Waals surface area contributed by atoms with E-state index in [1.807, 2.05) is 0 Å². The zero-order valence-corrected chi connectivity index (χ0v) is 5.90. The zero-order chi connectivity index (χ0) is 4.41. The summed E-state index contributed by atoms with van der Waals surface area (Å²) in [4.78, 5) is 0. The topological polar surface area (TPSA) is 0 Å². The average molecular weight is 156 g/mol. The van der Waals surface area contributed by atoms with Crippen LogP contribution in [0.15, 0.2) is 21.5 Å². The second-order valence-corrected chi connectivity index (χ2v) is 2.90. The van der Waals surface area contributed by atoms with Crippen LogP contribution in [0.4, 0.5) is 0 Å². The fraction of sp³-hybridized carbons (Fsp3) is 0.200. The van der Waals surface area contributed by atoms with E-state index in [4.69, 9.17) is 0 Å². The van der Waals surface area contributed by atoms with Crippen molar-refractivity contribution in [3.63, 3.8) is 0 Å². The van der Waals surface area contributed by atoms with Gasteiger partial charge < -0.3 is 0 Å². The first kappa shape index (κ1) is 4.52. The molecule has 0 amide bonds. The molecule has 0 unspecified atom stereocenters. The molecular weight excluding hydrogens is 151 g/mol. The number of allylic oxidation sites excluding steroid dienone is 4. The Bertz CT molecular complexity index is 101. The summed E-state index contributed by atoms with van der Waals surface area (Å²) in [7, 11) is 0. The van der Waals surface area contributed by atoms with E-state index in [-0.39, 0.29) is 0 Å². The van der Waals surface area contributed by atoms with E-state index >= 15 is 0 Å². The van der Waals surface area contributed by atoms with Crippen molar-refractivity contribution in [3.8, 4) is 0 Å². The predicted molar refractivity (Wildman–Crippen MR) is 21.8 cm³/mol. The van der Waals surface area contributed by atoms with Crippen molar-refractivity contribution < 1.29 is 24.7 Å². The van der Waals surface area contributed by atoms with E-state index in [0.29, 0.717) is 0 Å². The van der Waals surface area contributed by atoms with Crippen LogP contribution in [0.25, 0.3) is 0 Å². The van der Waals surface area contributed by atoms with Gasteiger partial charge >= 0.3 is 52.6 Å². The van der Waals surface area contributed by atoms with Crippen molar-refractivity contribution in [2.75, 3.05) is 0 Å². The van der Waals surface area contributed by atoms with Crippen molar-refractivity contribution >= 4 is 0 Å². The molecule has 0 heterocycles. The van der Waals surface area contributed by atoms with Gasteiger partial charge in [0.15, 0.2) is 0 Å². The molecule has 1 aliphatic rings. The molecule has 1 aliphatic carbocycles. The standard InChI is InChI=1S/C5H5.Zr/c1-2-4-5-3-1;/h1-3H,4H2;. The Morgan fingerprint density at radius 1 is 1.67 bits per heavy atom. The third-order valence-corrected chi connectivity index (χ3v) is 1.68. The van der Waals surface area contributed by atoms with Gasteiger partial charge in [-0.05, 0) is 0 Å². The molecule has 0 atom stereocenters. The van der Waals surface area contributed by atoms with Crippen molar-refractivity contribution in [1.82, 2.24) is 0 Å². The quantitative estimate of drug-likeness (QED) is 0.497. The fourth-order valence-electron chi connectivity index (χ4n) is 0.447. The van der Waals surface area contributed by atoms with Gasteiger partial charge in [0.1, 0.15) is 0 Å². The van der Waals surface area contributed by atoms with Crippen molar-refractivity contribution in [2.45, 2.75) is 6.42 Å². The van der Waals surface area contributed by atoms with Gasteiger partial charge in [0, 0.05) is 0 Å². The van der Waals surface area contributed by atoms with Crippen molar-refractivity contribution in [1.29, 1.82) is 0 Å². The summed E-state index contributed by atoms with van der Waals surface area (Å²) in [6, 6.07) is 0. The molecule has 0 saturated carbocycles. The van der Waals surface area contributed by atoms with E-state index in [0.717, 1.165) is 0 Å². The first-order valence-electron chi connectivity index (χ1n) is 1.97. The van der Waals surface area contributed by atoms with Crippen LogP contribution in [0.2, 0.25) is 0 Å². The van der Waals surface area contributed by atoms with E-state index in [1.54, 1.807) is 28.0 Å². The van der Waals surface area contributed by atoms with Gasteiger partial charge in [-0.3, -0.25) is 0 Å². The minimum atomic E-state index is 1.21. The van der Waals surface area contributed by atoms with Gasteiger partial charge in [-0.2, -0.15) is 0 Å². The van der Waals surface area contributed by atoms with Crippen LogP contribution in [0.3, 0.4) is 0 Å². The Morgan fingerprint density at radius 3 is 2.67 bits per heavy atom. The molecule has 0 aromatic rings. The maximum atomic E-state index is 2.18. The van der Waals surface area contributed by atoms with Gasteiger partial charge in [-0.1, -0.05) is 0 Å². The second-order valence-electron chi connectivity index (χ2n) is 1.32. The van der Waals surface area contributed by atoms with Gasteiger partial charge in [-0.15, -0.1) is 0 Å². The Labute approximate surface area is 52.8 Å². The number of hydrogen-bond donors (Lipinski definition) is 0. The summed E-state index contributed by atoms with van der Waals surface area (Å²) in [5, 5.41) is 0. The third-order valence-electron chi connectivity index (χ3n) is 0.771. The normalized spacial score (nSPS) is 18.2. The third kappa shape index (κ3) is 0.910. The minimum absolute atomic E-state index is 1.21. The molecule has 0 radical (unpaired) electrons. The van der Waals surface area contributed by atoms with Gasteiger partial charge in [0.2, 0.25) is 0 Å². The molecule has 0 spiro atoms. The number of rotatable bonds is 0. The Balaban J connectivity index is 2.61.